The summed E-state index contributed by atoms with van der Waals surface area (Å²) in [6, 6.07) is 22.3. The van der Waals surface area contributed by atoms with Gasteiger partial charge in [0.05, 0.1) is 12.6 Å². The Morgan fingerprint density at radius 1 is 0.900 bits per heavy atom. The fourth-order valence-electron chi connectivity index (χ4n) is 3.53. The van der Waals surface area contributed by atoms with Gasteiger partial charge in [0, 0.05) is 6.54 Å². The largest absolute Gasteiger partial charge is 0.454 e. The molecule has 0 saturated heterocycles. The van der Waals surface area contributed by atoms with Crippen LogP contribution in [0.15, 0.2) is 66.7 Å². The van der Waals surface area contributed by atoms with Gasteiger partial charge in [-0.3, -0.25) is 10.1 Å². The molecule has 1 heterocycles. The zero-order valence-corrected chi connectivity index (χ0v) is 17.3. The molecule has 2 N–H and O–H groups in total. The molecule has 0 saturated carbocycles. The molecule has 0 unspecified atom stereocenters. The van der Waals surface area contributed by atoms with Crippen molar-refractivity contribution in [3.8, 4) is 11.5 Å². The van der Waals surface area contributed by atoms with Gasteiger partial charge in [0.25, 0.3) is 0 Å². The second-order valence-electron chi connectivity index (χ2n) is 7.53. The SMILES string of the molecule is Cc1ccc([C@@H](NCC(=O)NCc2ccc3c(c2)OCO3)c2ccccc2)cc1C. The number of benzene rings is 3. The molecule has 1 atom stereocenters. The van der Waals surface area contributed by atoms with Crippen LogP contribution in [0.2, 0.25) is 0 Å². The molecule has 0 spiro atoms. The number of rotatable bonds is 7. The second-order valence-corrected chi connectivity index (χ2v) is 7.53. The van der Waals surface area contributed by atoms with Crippen molar-refractivity contribution in [3.63, 3.8) is 0 Å². The van der Waals surface area contributed by atoms with Crippen LogP contribution < -0.4 is 20.1 Å². The van der Waals surface area contributed by atoms with Gasteiger partial charge < -0.3 is 14.8 Å². The van der Waals surface area contributed by atoms with E-state index in [4.69, 9.17) is 9.47 Å². The molecule has 0 aliphatic carbocycles. The molecule has 1 amide bonds. The lowest BCUT2D eigenvalue weighted by atomic mass is 9.95. The number of hydrogen-bond acceptors (Lipinski definition) is 4. The third-order valence-electron chi connectivity index (χ3n) is 5.39. The van der Waals surface area contributed by atoms with Gasteiger partial charge in [0.2, 0.25) is 12.7 Å². The zero-order chi connectivity index (χ0) is 20.9. The van der Waals surface area contributed by atoms with Crippen LogP contribution >= 0.6 is 0 Å². The number of carbonyl (C=O) groups excluding carboxylic acids is 1. The van der Waals surface area contributed by atoms with Crippen molar-refractivity contribution in [2.45, 2.75) is 26.4 Å². The highest BCUT2D eigenvalue weighted by molar-refractivity contribution is 5.78. The average molecular weight is 402 g/mol. The lowest BCUT2D eigenvalue weighted by Crippen LogP contribution is -2.35. The van der Waals surface area contributed by atoms with E-state index < -0.39 is 0 Å². The fraction of sp³-hybridized carbons (Fsp3) is 0.240. The molecule has 4 rings (SSSR count). The Balaban J connectivity index is 1.40. The predicted octanol–water partition coefficient (Wildman–Crippen LogP) is 4.03. The lowest BCUT2D eigenvalue weighted by molar-refractivity contribution is -0.120. The number of hydrogen-bond donors (Lipinski definition) is 2. The quantitative estimate of drug-likeness (QED) is 0.627. The standard InChI is InChI=1S/C25H26N2O3/c1-17-8-10-21(12-18(17)2)25(20-6-4-3-5-7-20)27-15-24(28)26-14-19-9-11-22-23(13-19)30-16-29-22/h3-13,25,27H,14-16H2,1-2H3,(H,26,28)/t25-/m0/s1. The summed E-state index contributed by atoms with van der Waals surface area (Å²) in [5.41, 5.74) is 5.74. The number of aryl methyl sites for hydroxylation is 2. The van der Waals surface area contributed by atoms with Crippen molar-refractivity contribution in [2.75, 3.05) is 13.3 Å². The molecule has 5 nitrogen and oxygen atoms in total. The van der Waals surface area contributed by atoms with Gasteiger partial charge in [-0.05, 0) is 53.8 Å². The molecule has 154 valence electrons. The van der Waals surface area contributed by atoms with Crippen molar-refractivity contribution >= 4 is 5.91 Å². The summed E-state index contributed by atoms with van der Waals surface area (Å²) in [5, 5.41) is 6.39. The van der Waals surface area contributed by atoms with Crippen molar-refractivity contribution in [1.82, 2.24) is 10.6 Å². The highest BCUT2D eigenvalue weighted by Crippen LogP contribution is 2.32. The number of fused-ring (bicyclic) bond motifs is 1. The number of nitrogens with one attached hydrogen (secondary N) is 2. The van der Waals surface area contributed by atoms with Gasteiger partial charge in [-0.15, -0.1) is 0 Å². The monoisotopic (exact) mass is 402 g/mol. The first kappa shape index (κ1) is 20.0. The molecule has 3 aromatic carbocycles. The summed E-state index contributed by atoms with van der Waals surface area (Å²) in [6.45, 7) is 5.12. The van der Waals surface area contributed by atoms with Gasteiger partial charge in [-0.25, -0.2) is 0 Å². The minimum atomic E-state index is -0.0579. The highest BCUT2D eigenvalue weighted by atomic mass is 16.7. The summed E-state index contributed by atoms with van der Waals surface area (Å²) < 4.78 is 10.7. The molecule has 0 fully saturated rings. The highest BCUT2D eigenvalue weighted by Gasteiger charge is 2.16. The maximum Gasteiger partial charge on any atom is 0.234 e. The molecular weight excluding hydrogens is 376 g/mol. The topological polar surface area (TPSA) is 59.6 Å². The number of amides is 1. The van der Waals surface area contributed by atoms with Crippen LogP contribution in [-0.4, -0.2) is 19.2 Å². The van der Waals surface area contributed by atoms with Crippen molar-refractivity contribution in [3.05, 3.63) is 94.5 Å². The molecule has 0 aromatic heterocycles. The fourth-order valence-corrected chi connectivity index (χ4v) is 3.53. The van der Waals surface area contributed by atoms with Gasteiger partial charge >= 0.3 is 0 Å². The Morgan fingerprint density at radius 3 is 2.50 bits per heavy atom. The van der Waals surface area contributed by atoms with E-state index in [9.17, 15) is 4.79 Å². The van der Waals surface area contributed by atoms with Crippen molar-refractivity contribution < 1.29 is 14.3 Å². The summed E-state index contributed by atoms with van der Waals surface area (Å²) in [7, 11) is 0. The smallest absolute Gasteiger partial charge is 0.234 e. The van der Waals surface area contributed by atoms with Crippen LogP contribution in [0, 0.1) is 13.8 Å². The van der Waals surface area contributed by atoms with E-state index in [1.807, 2.05) is 36.4 Å². The molecule has 3 aromatic rings. The Hall–Kier alpha value is -3.31. The van der Waals surface area contributed by atoms with Crippen LogP contribution in [0.3, 0.4) is 0 Å². The maximum absolute atomic E-state index is 12.5. The predicted molar refractivity (Wildman–Crippen MR) is 117 cm³/mol. The Bertz CT molecular complexity index is 1030. The maximum atomic E-state index is 12.5. The minimum Gasteiger partial charge on any atom is -0.454 e. The molecule has 5 heteroatoms. The van der Waals surface area contributed by atoms with E-state index in [-0.39, 0.29) is 25.3 Å². The molecule has 0 radical (unpaired) electrons. The molecule has 1 aliphatic rings. The molecule has 1 aliphatic heterocycles. The minimum absolute atomic E-state index is 0.0539. The summed E-state index contributed by atoms with van der Waals surface area (Å²) in [5.74, 6) is 1.40. The van der Waals surface area contributed by atoms with Crippen LogP contribution in [0.4, 0.5) is 0 Å². The van der Waals surface area contributed by atoms with E-state index >= 15 is 0 Å². The van der Waals surface area contributed by atoms with Crippen molar-refractivity contribution in [1.29, 1.82) is 0 Å². The van der Waals surface area contributed by atoms with Gasteiger partial charge in [-0.1, -0.05) is 54.6 Å². The van der Waals surface area contributed by atoms with Crippen LogP contribution in [0.1, 0.15) is 33.9 Å². The molecule has 0 bridgehead atoms. The molecule has 30 heavy (non-hydrogen) atoms. The van der Waals surface area contributed by atoms with Gasteiger partial charge in [-0.2, -0.15) is 0 Å². The first-order valence-corrected chi connectivity index (χ1v) is 10.1. The average Bonchev–Trinajstić information content (AvgIpc) is 3.23. The van der Waals surface area contributed by atoms with E-state index in [0.29, 0.717) is 6.54 Å². The summed E-state index contributed by atoms with van der Waals surface area (Å²) >= 11 is 0. The summed E-state index contributed by atoms with van der Waals surface area (Å²) in [4.78, 5) is 12.5. The van der Waals surface area contributed by atoms with Crippen LogP contribution in [0.25, 0.3) is 0 Å². The Labute approximate surface area is 177 Å². The first-order chi connectivity index (χ1) is 14.6. The van der Waals surface area contributed by atoms with Crippen molar-refractivity contribution in [2.24, 2.45) is 0 Å². The van der Waals surface area contributed by atoms with Gasteiger partial charge in [0.15, 0.2) is 11.5 Å². The Kier molecular flexibility index (Phi) is 6.00. The first-order valence-electron chi connectivity index (χ1n) is 10.1. The van der Waals surface area contributed by atoms with E-state index in [1.54, 1.807) is 0 Å². The molecular formula is C25H26N2O3. The normalized spacial score (nSPS) is 13.1. The number of carbonyl (C=O) groups is 1. The Morgan fingerprint density at radius 2 is 1.70 bits per heavy atom. The third kappa shape index (κ3) is 4.63. The van der Waals surface area contributed by atoms with E-state index in [2.05, 4.69) is 54.8 Å². The van der Waals surface area contributed by atoms with E-state index in [1.165, 1.54) is 11.1 Å². The number of ether oxygens (including phenoxy) is 2. The van der Waals surface area contributed by atoms with Crippen LogP contribution in [-0.2, 0) is 11.3 Å². The van der Waals surface area contributed by atoms with E-state index in [0.717, 1.165) is 28.2 Å². The lowest BCUT2D eigenvalue weighted by Gasteiger charge is -2.21. The van der Waals surface area contributed by atoms with Crippen LogP contribution in [0.5, 0.6) is 11.5 Å². The second kappa shape index (κ2) is 9.01. The summed E-state index contributed by atoms with van der Waals surface area (Å²) in [6.07, 6.45) is 0. The zero-order valence-electron chi connectivity index (χ0n) is 17.3. The van der Waals surface area contributed by atoms with Gasteiger partial charge in [0.1, 0.15) is 0 Å². The third-order valence-corrected chi connectivity index (χ3v) is 5.39.